The molecule has 2 aliphatic heterocycles. The third-order valence-electron chi connectivity index (χ3n) is 17.4. The van der Waals surface area contributed by atoms with Crippen LogP contribution in [0.25, 0.3) is 0 Å². The molecule has 0 aromatic heterocycles. The predicted molar refractivity (Wildman–Crippen MR) is 215 cm³/mol. The topological polar surface area (TPSA) is 12.5 Å². The van der Waals surface area contributed by atoms with Crippen LogP contribution in [-0.2, 0) is 4.74 Å². The molecule has 8 saturated carbocycles. The van der Waals surface area contributed by atoms with Crippen molar-refractivity contribution < 1.29 is 18.4 Å². The molecular weight excluding hydrogens is 639 g/mol. The molecule has 0 N–H and O–H groups in total. The average molecular weight is 728 g/mol. The molecule has 3 heteroatoms. The number of fused-ring (bicyclic) bond motifs is 7. The number of rotatable bonds is 6. The van der Waals surface area contributed by atoms with E-state index in [1.54, 1.807) is 0 Å². The zero-order valence-electron chi connectivity index (χ0n) is 41.7. The van der Waals surface area contributed by atoms with E-state index in [1.807, 2.05) is 0 Å². The standard InChI is InChI=1S/C48H79NOS/c1-3-10-32(11-4-1)34-18-24-37(25-19-34)49(38-26-20-35(21-27-38)33-12-5-2-6-13-33)39-28-22-36(23-29-39)40-15-9-16-41-42-30-31-45-46(48(42)50-47(40)41)43-14-7-8-17-44(43)51-45/h32-48H,1-31H2/i1D,2D,3D,4D,5D,6D,10D,11D,12D,13D. The second kappa shape index (κ2) is 16.0. The first kappa shape index (κ1) is 26.2. The summed E-state index contributed by atoms with van der Waals surface area (Å²) < 4.78 is 94.1. The fourth-order valence-corrected chi connectivity index (χ4v) is 17.1. The van der Waals surface area contributed by atoms with Crippen LogP contribution < -0.4 is 0 Å². The first-order chi connectivity index (χ1) is 29.4. The van der Waals surface area contributed by atoms with Crippen molar-refractivity contribution in [3.05, 3.63) is 0 Å². The van der Waals surface area contributed by atoms with Gasteiger partial charge in [-0.05, 0) is 169 Å². The van der Waals surface area contributed by atoms with E-state index < -0.39 is 64.0 Å². The summed E-state index contributed by atoms with van der Waals surface area (Å²) in [5.74, 6) is 4.45. The van der Waals surface area contributed by atoms with Gasteiger partial charge in [-0.25, -0.2) is 0 Å². The normalized spacial score (nSPS) is 69.3. The van der Waals surface area contributed by atoms with Gasteiger partial charge in [-0.1, -0.05) is 83.2 Å². The summed E-state index contributed by atoms with van der Waals surface area (Å²) in [6, 6.07) is 1.39. The zero-order valence-corrected chi connectivity index (χ0v) is 32.5. The Hall–Kier alpha value is 0.270. The highest BCUT2D eigenvalue weighted by atomic mass is 32.2. The first-order valence-electron chi connectivity index (χ1n) is 28.5. The van der Waals surface area contributed by atoms with Crippen molar-refractivity contribution in [1.29, 1.82) is 0 Å². The Morgan fingerprint density at radius 1 is 0.392 bits per heavy atom. The summed E-state index contributed by atoms with van der Waals surface area (Å²) in [6.07, 6.45) is 17.9. The van der Waals surface area contributed by atoms with Crippen molar-refractivity contribution in [3.63, 3.8) is 0 Å². The average Bonchev–Trinajstić information content (AvgIpc) is 3.86. The number of nitrogens with zero attached hydrogens (tertiary/aromatic N) is 1. The minimum atomic E-state index is -0.970. The van der Waals surface area contributed by atoms with E-state index in [-0.39, 0.29) is 23.7 Å². The lowest BCUT2D eigenvalue weighted by Gasteiger charge is -2.51. The second-order valence-corrected chi connectivity index (χ2v) is 21.0. The van der Waals surface area contributed by atoms with Crippen LogP contribution >= 0.6 is 11.8 Å². The Kier molecular flexibility index (Phi) is 8.24. The molecule has 0 spiro atoms. The zero-order chi connectivity index (χ0) is 42.4. The van der Waals surface area contributed by atoms with Gasteiger partial charge in [0.05, 0.1) is 12.2 Å². The van der Waals surface area contributed by atoms with Gasteiger partial charge in [0, 0.05) is 48.3 Å². The Bertz CT molecular complexity index is 1390. The molecule has 0 bridgehead atoms. The summed E-state index contributed by atoms with van der Waals surface area (Å²) in [5, 5.41) is 1.74. The highest BCUT2D eigenvalue weighted by molar-refractivity contribution is 8.00. The first-order valence-corrected chi connectivity index (χ1v) is 23.7. The third kappa shape index (κ3) is 7.12. The number of hydrogen-bond acceptors (Lipinski definition) is 3. The SMILES string of the molecule is [2H]C1C([2H])C([2H])C(C2CCC(N(C3CCC(C4CCCC5C6CCC7SC8CCCCC8C7C6OC45)CC3)C3CCC(C4C([2H])C([2H])C([2H])C([2H])C4[2H])CC3)CC2)C([2H])C1[2H]. The van der Waals surface area contributed by atoms with Crippen LogP contribution in [0.15, 0.2) is 0 Å². The summed E-state index contributed by atoms with van der Waals surface area (Å²) in [5.41, 5.74) is 0. The molecule has 2 nitrogen and oxygen atoms in total. The molecule has 8 aliphatic carbocycles. The Labute approximate surface area is 333 Å². The summed E-state index contributed by atoms with van der Waals surface area (Å²) >= 11 is 2.37. The molecule has 0 radical (unpaired) electrons. The lowest BCUT2D eigenvalue weighted by Crippen LogP contribution is -2.53. The fraction of sp³-hybridized carbons (Fsp3) is 1.00. The molecule has 0 aromatic carbocycles. The molecule has 17 unspecified atom stereocenters. The van der Waals surface area contributed by atoms with E-state index in [1.165, 1.54) is 83.5 Å². The van der Waals surface area contributed by atoms with Crippen molar-refractivity contribution in [1.82, 2.24) is 4.90 Å². The van der Waals surface area contributed by atoms with E-state index in [4.69, 9.17) is 18.4 Å². The van der Waals surface area contributed by atoms with Crippen molar-refractivity contribution in [2.24, 2.45) is 59.2 Å². The second-order valence-electron chi connectivity index (χ2n) is 19.5. The van der Waals surface area contributed by atoms with Gasteiger partial charge >= 0.3 is 0 Å². The van der Waals surface area contributed by atoms with Gasteiger partial charge in [-0.3, -0.25) is 4.90 Å². The molecule has 51 heavy (non-hydrogen) atoms. The van der Waals surface area contributed by atoms with Gasteiger partial charge in [0.25, 0.3) is 0 Å². The van der Waals surface area contributed by atoms with Crippen molar-refractivity contribution in [2.75, 3.05) is 0 Å². The van der Waals surface area contributed by atoms with E-state index in [2.05, 4.69) is 16.7 Å². The van der Waals surface area contributed by atoms with Crippen LogP contribution in [0.5, 0.6) is 0 Å². The van der Waals surface area contributed by atoms with Crippen LogP contribution in [0.2, 0.25) is 0 Å². The van der Waals surface area contributed by atoms with E-state index in [9.17, 15) is 0 Å². The van der Waals surface area contributed by atoms with E-state index in [0.717, 1.165) is 91.5 Å². The maximum atomic E-state index is 8.92. The monoisotopic (exact) mass is 728 g/mol. The van der Waals surface area contributed by atoms with E-state index in [0.29, 0.717) is 36.3 Å². The van der Waals surface area contributed by atoms with Crippen LogP contribution in [-0.4, -0.2) is 45.7 Å². The van der Waals surface area contributed by atoms with Crippen molar-refractivity contribution in [3.8, 4) is 0 Å². The minimum absolute atomic E-state index is 0.171. The largest absolute Gasteiger partial charge is 0.374 e. The lowest BCUT2D eigenvalue weighted by atomic mass is 9.62. The van der Waals surface area contributed by atoms with Gasteiger partial charge < -0.3 is 4.74 Å². The fourth-order valence-electron chi connectivity index (χ4n) is 15.0. The smallest absolute Gasteiger partial charge is 0.0652 e. The predicted octanol–water partition coefficient (Wildman–Crippen LogP) is 13.0. The lowest BCUT2D eigenvalue weighted by molar-refractivity contribution is -0.0777. The highest BCUT2D eigenvalue weighted by Gasteiger charge is 2.60. The van der Waals surface area contributed by atoms with Gasteiger partial charge in [0.1, 0.15) is 0 Å². The molecule has 0 amide bonds. The van der Waals surface area contributed by atoms with Gasteiger partial charge in [-0.2, -0.15) is 11.8 Å². The Morgan fingerprint density at radius 3 is 1.51 bits per heavy atom. The number of thioether (sulfide) groups is 1. The number of hydrogen-bond donors (Lipinski definition) is 0. The van der Waals surface area contributed by atoms with Crippen LogP contribution in [0.3, 0.4) is 0 Å². The van der Waals surface area contributed by atoms with Crippen LogP contribution in [0.4, 0.5) is 0 Å². The highest BCUT2D eigenvalue weighted by Crippen LogP contribution is 2.62. The maximum Gasteiger partial charge on any atom is 0.0652 e. The molecule has 0 aromatic rings. The molecule has 10 rings (SSSR count). The molecule has 10 fully saturated rings. The summed E-state index contributed by atoms with van der Waals surface area (Å²) in [6.45, 7) is 0. The minimum Gasteiger partial charge on any atom is -0.374 e. The van der Waals surface area contributed by atoms with Crippen molar-refractivity contribution >= 4 is 11.8 Å². The van der Waals surface area contributed by atoms with Gasteiger partial charge in [0.2, 0.25) is 0 Å². The quantitative estimate of drug-likeness (QED) is 0.270. The molecule has 17 atom stereocenters. The van der Waals surface area contributed by atoms with Crippen LogP contribution in [0.1, 0.15) is 213 Å². The van der Waals surface area contributed by atoms with Crippen molar-refractivity contribution in [2.45, 2.75) is 240 Å². The van der Waals surface area contributed by atoms with Crippen LogP contribution in [0, 0.1) is 59.2 Å². The molecule has 10 aliphatic rings. The molecular formula is C48H79NOS. The molecule has 288 valence electrons. The molecule has 2 saturated heterocycles. The Balaban J connectivity index is 0.825. The summed E-state index contributed by atoms with van der Waals surface area (Å²) in [4.78, 5) is 2.96. The number of ether oxygens (including phenoxy) is 1. The summed E-state index contributed by atoms with van der Waals surface area (Å²) in [7, 11) is 0. The molecule has 2 heterocycles. The third-order valence-corrected chi connectivity index (χ3v) is 19.2. The van der Waals surface area contributed by atoms with Gasteiger partial charge in [0.15, 0.2) is 0 Å². The Morgan fingerprint density at radius 2 is 0.902 bits per heavy atom. The maximum absolute atomic E-state index is 8.92. The van der Waals surface area contributed by atoms with E-state index >= 15 is 0 Å². The van der Waals surface area contributed by atoms with Gasteiger partial charge in [-0.15, -0.1) is 0 Å².